The van der Waals surface area contributed by atoms with E-state index in [-0.39, 0.29) is 12.1 Å². The van der Waals surface area contributed by atoms with Crippen LogP contribution in [0.4, 0.5) is 0 Å². The number of hydrogen-bond donors (Lipinski definition) is 1. The van der Waals surface area contributed by atoms with Crippen molar-refractivity contribution in [3.63, 3.8) is 0 Å². The maximum absolute atomic E-state index is 5.48. The lowest BCUT2D eigenvalue weighted by Crippen LogP contribution is -2.49. The van der Waals surface area contributed by atoms with Gasteiger partial charge in [0.25, 0.3) is 0 Å². The molecule has 0 aromatic carbocycles. The van der Waals surface area contributed by atoms with Crippen molar-refractivity contribution in [2.75, 3.05) is 6.54 Å². The zero-order valence-corrected chi connectivity index (χ0v) is 6.42. The summed E-state index contributed by atoms with van der Waals surface area (Å²) in [7, 11) is 0. The summed E-state index contributed by atoms with van der Waals surface area (Å²) in [6, 6.07) is 0.0937. The molecule has 3 atom stereocenters. The van der Waals surface area contributed by atoms with Crippen molar-refractivity contribution >= 4 is 0 Å². The Kier molecular flexibility index (Phi) is 2.31. The molecule has 10 heavy (non-hydrogen) atoms. The molecule has 0 aromatic rings. The van der Waals surface area contributed by atoms with Crippen LogP contribution in [-0.2, 0) is 4.74 Å². The monoisotopic (exact) mass is 139 g/mol. The van der Waals surface area contributed by atoms with Crippen molar-refractivity contribution in [1.29, 1.82) is 0 Å². The fourth-order valence-electron chi connectivity index (χ4n) is 1.15. The average Bonchev–Trinajstić information content (AvgIpc) is 1.88. The summed E-state index contributed by atoms with van der Waals surface area (Å²) >= 11 is 0. The first-order chi connectivity index (χ1) is 4.74. The van der Waals surface area contributed by atoms with Gasteiger partial charge in [0.05, 0.1) is 18.2 Å². The van der Waals surface area contributed by atoms with Crippen LogP contribution in [0.5, 0.6) is 0 Å². The van der Waals surface area contributed by atoms with Gasteiger partial charge in [0.15, 0.2) is 0 Å². The maximum atomic E-state index is 5.48. The molecule has 0 aromatic heterocycles. The fourth-order valence-corrected chi connectivity index (χ4v) is 1.15. The Bertz CT molecular complexity index is 150. The summed E-state index contributed by atoms with van der Waals surface area (Å²) < 4.78 is 5.48. The van der Waals surface area contributed by atoms with Crippen LogP contribution in [0.3, 0.4) is 0 Å². The molecule has 1 N–H and O–H groups in total. The molecule has 0 saturated carbocycles. The van der Waals surface area contributed by atoms with Gasteiger partial charge in [-0.15, -0.1) is 6.42 Å². The highest BCUT2D eigenvalue weighted by Crippen LogP contribution is 2.07. The molecule has 1 heterocycles. The van der Waals surface area contributed by atoms with Gasteiger partial charge in [0, 0.05) is 6.54 Å². The molecule has 0 amide bonds. The number of rotatable bonds is 0. The smallest absolute Gasteiger partial charge is 0.0950 e. The predicted molar refractivity (Wildman–Crippen MR) is 40.6 cm³/mol. The van der Waals surface area contributed by atoms with Crippen LogP contribution < -0.4 is 5.32 Å². The largest absolute Gasteiger partial charge is 0.372 e. The summed E-state index contributed by atoms with van der Waals surface area (Å²) in [4.78, 5) is 0. The van der Waals surface area contributed by atoms with Gasteiger partial charge in [0.2, 0.25) is 0 Å². The van der Waals surface area contributed by atoms with E-state index in [0.717, 1.165) is 6.54 Å². The zero-order valence-electron chi connectivity index (χ0n) is 6.42. The Morgan fingerprint density at radius 3 is 2.80 bits per heavy atom. The Labute approximate surface area is 62.0 Å². The van der Waals surface area contributed by atoms with Gasteiger partial charge in [-0.25, -0.2) is 0 Å². The lowest BCUT2D eigenvalue weighted by atomic mass is 10.1. The standard InChI is InChI=1S/C8H13NO/c1-4-8-7(3)10-6(2)5-9-8/h1,6-9H,5H2,2-3H3/t6-,7-,8+/m1/s1. The topological polar surface area (TPSA) is 21.3 Å². The van der Waals surface area contributed by atoms with Crippen molar-refractivity contribution in [2.24, 2.45) is 0 Å². The third kappa shape index (κ3) is 1.50. The number of nitrogens with one attached hydrogen (secondary N) is 1. The Morgan fingerprint density at radius 2 is 2.30 bits per heavy atom. The van der Waals surface area contributed by atoms with E-state index in [9.17, 15) is 0 Å². The van der Waals surface area contributed by atoms with Gasteiger partial charge in [-0.3, -0.25) is 5.32 Å². The van der Waals surface area contributed by atoms with Crippen LogP contribution in [0, 0.1) is 12.3 Å². The minimum absolute atomic E-state index is 0.0937. The summed E-state index contributed by atoms with van der Waals surface area (Å²) in [6.45, 7) is 4.89. The Balaban J connectivity index is 2.45. The molecule has 1 saturated heterocycles. The molecule has 0 unspecified atom stereocenters. The number of terminal acetylenes is 1. The van der Waals surface area contributed by atoms with Crippen LogP contribution in [0.2, 0.25) is 0 Å². The molecular weight excluding hydrogens is 126 g/mol. The number of ether oxygens (including phenoxy) is 1. The lowest BCUT2D eigenvalue weighted by molar-refractivity contribution is -0.0312. The van der Waals surface area contributed by atoms with Gasteiger partial charge in [0.1, 0.15) is 0 Å². The summed E-state index contributed by atoms with van der Waals surface area (Å²) in [5.74, 6) is 2.64. The average molecular weight is 139 g/mol. The highest BCUT2D eigenvalue weighted by molar-refractivity contribution is 5.03. The highest BCUT2D eigenvalue weighted by Gasteiger charge is 2.22. The van der Waals surface area contributed by atoms with Crippen LogP contribution >= 0.6 is 0 Å². The molecular formula is C8H13NO. The number of hydrogen-bond acceptors (Lipinski definition) is 2. The van der Waals surface area contributed by atoms with Crippen LogP contribution in [0.1, 0.15) is 13.8 Å². The molecule has 1 rings (SSSR count). The van der Waals surface area contributed by atoms with E-state index in [1.54, 1.807) is 0 Å². The van der Waals surface area contributed by atoms with Gasteiger partial charge in [-0.05, 0) is 13.8 Å². The van der Waals surface area contributed by atoms with Crippen molar-refractivity contribution in [3.05, 3.63) is 0 Å². The van der Waals surface area contributed by atoms with E-state index in [0.29, 0.717) is 6.10 Å². The summed E-state index contributed by atoms with van der Waals surface area (Å²) in [5.41, 5.74) is 0. The highest BCUT2D eigenvalue weighted by atomic mass is 16.5. The quantitative estimate of drug-likeness (QED) is 0.490. The zero-order chi connectivity index (χ0) is 7.56. The second-order valence-electron chi connectivity index (χ2n) is 2.70. The van der Waals surface area contributed by atoms with E-state index in [1.807, 2.05) is 13.8 Å². The van der Waals surface area contributed by atoms with Crippen LogP contribution in [-0.4, -0.2) is 24.8 Å². The minimum atomic E-state index is 0.0937. The first kappa shape index (κ1) is 7.59. The second-order valence-corrected chi connectivity index (χ2v) is 2.70. The van der Waals surface area contributed by atoms with E-state index < -0.39 is 0 Å². The third-order valence-corrected chi connectivity index (χ3v) is 1.72. The van der Waals surface area contributed by atoms with E-state index in [1.165, 1.54) is 0 Å². The van der Waals surface area contributed by atoms with E-state index in [2.05, 4.69) is 11.2 Å². The summed E-state index contributed by atoms with van der Waals surface area (Å²) in [5, 5.41) is 3.21. The number of morpholine rings is 1. The first-order valence-electron chi connectivity index (χ1n) is 3.59. The fraction of sp³-hybridized carbons (Fsp3) is 0.750. The van der Waals surface area contributed by atoms with Crippen molar-refractivity contribution in [3.8, 4) is 12.3 Å². The van der Waals surface area contributed by atoms with Crippen LogP contribution in [0.15, 0.2) is 0 Å². The van der Waals surface area contributed by atoms with Gasteiger partial charge >= 0.3 is 0 Å². The molecule has 1 aliphatic rings. The molecule has 1 aliphatic heterocycles. The van der Waals surface area contributed by atoms with Crippen molar-refractivity contribution < 1.29 is 4.74 Å². The van der Waals surface area contributed by atoms with E-state index in [4.69, 9.17) is 11.2 Å². The van der Waals surface area contributed by atoms with Gasteiger partial charge in [-0.1, -0.05) is 5.92 Å². The molecule has 2 nitrogen and oxygen atoms in total. The van der Waals surface area contributed by atoms with E-state index >= 15 is 0 Å². The Morgan fingerprint density at radius 1 is 1.60 bits per heavy atom. The van der Waals surface area contributed by atoms with Crippen molar-refractivity contribution in [1.82, 2.24) is 5.32 Å². The third-order valence-electron chi connectivity index (χ3n) is 1.72. The SMILES string of the molecule is C#C[C@@H]1NC[C@@H](C)O[C@@H]1C. The van der Waals surface area contributed by atoms with Crippen LogP contribution in [0.25, 0.3) is 0 Å². The molecule has 0 spiro atoms. The predicted octanol–water partition coefficient (Wildman–Crippen LogP) is 0.385. The Hall–Kier alpha value is -0.520. The first-order valence-corrected chi connectivity index (χ1v) is 3.59. The molecule has 2 heteroatoms. The molecule has 0 aliphatic carbocycles. The molecule has 0 radical (unpaired) electrons. The van der Waals surface area contributed by atoms with Gasteiger partial charge in [-0.2, -0.15) is 0 Å². The van der Waals surface area contributed by atoms with Gasteiger partial charge < -0.3 is 4.74 Å². The van der Waals surface area contributed by atoms with Crippen molar-refractivity contribution in [2.45, 2.75) is 32.1 Å². The minimum Gasteiger partial charge on any atom is -0.372 e. The molecule has 0 bridgehead atoms. The maximum Gasteiger partial charge on any atom is 0.0950 e. The molecule has 56 valence electrons. The normalized spacial score (nSPS) is 40.7. The lowest BCUT2D eigenvalue weighted by Gasteiger charge is -2.31. The second kappa shape index (κ2) is 3.05. The molecule has 1 fully saturated rings. The summed E-state index contributed by atoms with van der Waals surface area (Å²) in [6.07, 6.45) is 5.68.